The quantitative estimate of drug-likeness (QED) is 0.718. The van der Waals surface area contributed by atoms with Gasteiger partial charge in [0.2, 0.25) is 0 Å². The van der Waals surface area contributed by atoms with Crippen LogP contribution in [-0.4, -0.2) is 52.4 Å². The van der Waals surface area contributed by atoms with Crippen LogP contribution in [0.5, 0.6) is 0 Å². The molecule has 2 aromatic rings. The molecule has 4 rings (SSSR count). The van der Waals surface area contributed by atoms with Crippen molar-refractivity contribution in [3.05, 3.63) is 65.7 Å². The highest BCUT2D eigenvalue weighted by Gasteiger charge is 2.43. The van der Waals surface area contributed by atoms with E-state index in [2.05, 4.69) is 40.2 Å². The Labute approximate surface area is 177 Å². The number of carbonyl (C=O) groups is 1. The van der Waals surface area contributed by atoms with Crippen LogP contribution in [0.4, 0.5) is 17.6 Å². The molecule has 1 atom stereocenters. The van der Waals surface area contributed by atoms with E-state index in [0.717, 1.165) is 44.5 Å². The molecular formula is C22H24F4N2O3. The van der Waals surface area contributed by atoms with Crippen LogP contribution in [0, 0.1) is 5.82 Å². The molecular weight excluding hydrogens is 416 g/mol. The summed E-state index contributed by atoms with van der Waals surface area (Å²) in [6.07, 6.45) is 1.04. The van der Waals surface area contributed by atoms with Crippen LogP contribution in [0.25, 0.3) is 0 Å². The Morgan fingerprint density at radius 2 is 1.84 bits per heavy atom. The monoisotopic (exact) mass is 440 g/mol. The number of pyridine rings is 1. The minimum Gasteiger partial charge on any atom is -0.475 e. The van der Waals surface area contributed by atoms with Crippen molar-refractivity contribution in [2.45, 2.75) is 43.5 Å². The first kappa shape index (κ1) is 23.1. The molecule has 0 bridgehead atoms. The maximum atomic E-state index is 13.8. The first-order valence-electron chi connectivity index (χ1n) is 9.98. The third-order valence-electron chi connectivity index (χ3n) is 5.74. The number of halogens is 4. The van der Waals surface area contributed by atoms with E-state index < -0.39 is 12.1 Å². The van der Waals surface area contributed by atoms with E-state index in [0.29, 0.717) is 12.5 Å². The van der Waals surface area contributed by atoms with Gasteiger partial charge < -0.3 is 9.84 Å². The van der Waals surface area contributed by atoms with Crippen molar-refractivity contribution < 1.29 is 32.2 Å². The summed E-state index contributed by atoms with van der Waals surface area (Å²) in [5, 5.41) is 7.12. The molecule has 0 amide bonds. The average molecular weight is 440 g/mol. The molecule has 2 saturated heterocycles. The standard InChI is InChI=1S/C20H23FN2O.C2HF3O2/c21-19-13-22-9-6-17(19)14-23-10-7-20(8-11-23)12-18(15-24-20)16-4-2-1-3-5-16;3-2(4,5)1(6)7/h1-6,9,13,18H,7-8,10-12,14-15H2;(H,6,7). The van der Waals surface area contributed by atoms with Gasteiger partial charge in [0, 0.05) is 37.3 Å². The average Bonchev–Trinajstić information content (AvgIpc) is 3.16. The lowest BCUT2D eigenvalue weighted by Crippen LogP contribution is -2.43. The van der Waals surface area contributed by atoms with Gasteiger partial charge in [-0.2, -0.15) is 13.2 Å². The molecule has 0 aliphatic carbocycles. The van der Waals surface area contributed by atoms with Gasteiger partial charge in [-0.15, -0.1) is 0 Å². The van der Waals surface area contributed by atoms with Crippen LogP contribution in [0.1, 0.15) is 36.3 Å². The lowest BCUT2D eigenvalue weighted by Gasteiger charge is -2.38. The first-order chi connectivity index (χ1) is 14.7. The third kappa shape index (κ3) is 6.24. The molecule has 1 aromatic carbocycles. The van der Waals surface area contributed by atoms with Crippen LogP contribution >= 0.6 is 0 Å². The number of likely N-dealkylation sites (tertiary alicyclic amines) is 1. The highest BCUT2D eigenvalue weighted by atomic mass is 19.4. The molecule has 1 aromatic heterocycles. The Balaban J connectivity index is 0.000000339. The molecule has 168 valence electrons. The van der Waals surface area contributed by atoms with E-state index in [1.165, 1.54) is 11.8 Å². The van der Waals surface area contributed by atoms with Gasteiger partial charge in [0.25, 0.3) is 0 Å². The summed E-state index contributed by atoms with van der Waals surface area (Å²) in [4.78, 5) is 15.0. The van der Waals surface area contributed by atoms with E-state index >= 15 is 0 Å². The lowest BCUT2D eigenvalue weighted by atomic mass is 9.83. The molecule has 1 N–H and O–H groups in total. The van der Waals surface area contributed by atoms with Crippen molar-refractivity contribution in [2.75, 3.05) is 19.7 Å². The molecule has 2 fully saturated rings. The van der Waals surface area contributed by atoms with Crippen molar-refractivity contribution in [1.82, 2.24) is 9.88 Å². The molecule has 3 heterocycles. The fourth-order valence-corrected chi connectivity index (χ4v) is 4.02. The van der Waals surface area contributed by atoms with Gasteiger partial charge in [-0.3, -0.25) is 9.88 Å². The SMILES string of the molecule is Fc1cnccc1CN1CCC2(CC1)CC(c1ccccc1)CO2.O=C(O)C(F)(F)F. The van der Waals surface area contributed by atoms with Crippen LogP contribution in [0.2, 0.25) is 0 Å². The highest BCUT2D eigenvalue weighted by molar-refractivity contribution is 5.73. The lowest BCUT2D eigenvalue weighted by molar-refractivity contribution is -0.192. The number of nitrogens with zero attached hydrogens (tertiary/aromatic N) is 2. The molecule has 5 nitrogen and oxygen atoms in total. The molecule has 2 aliphatic heterocycles. The van der Waals surface area contributed by atoms with Gasteiger partial charge in [-0.05, 0) is 30.9 Å². The summed E-state index contributed by atoms with van der Waals surface area (Å²) in [6.45, 7) is 3.40. The number of carboxylic acids is 1. The number of hydrogen-bond donors (Lipinski definition) is 1. The molecule has 9 heteroatoms. The van der Waals surface area contributed by atoms with E-state index in [4.69, 9.17) is 14.6 Å². The van der Waals surface area contributed by atoms with Gasteiger partial charge in [-0.1, -0.05) is 30.3 Å². The predicted octanol–water partition coefficient (Wildman–Crippen LogP) is 4.39. The fourth-order valence-electron chi connectivity index (χ4n) is 4.02. The molecule has 0 saturated carbocycles. The minimum atomic E-state index is -5.08. The normalized spacial score (nSPS) is 20.8. The maximum absolute atomic E-state index is 13.8. The molecule has 1 unspecified atom stereocenters. The number of alkyl halides is 3. The Kier molecular flexibility index (Phi) is 7.27. The van der Waals surface area contributed by atoms with Crippen LogP contribution in [-0.2, 0) is 16.1 Å². The summed E-state index contributed by atoms with van der Waals surface area (Å²) in [5.41, 5.74) is 2.14. The van der Waals surface area contributed by atoms with Crippen molar-refractivity contribution in [2.24, 2.45) is 0 Å². The van der Waals surface area contributed by atoms with Crippen molar-refractivity contribution in [3.8, 4) is 0 Å². The Hall–Kier alpha value is -2.52. The number of piperidine rings is 1. The van der Waals surface area contributed by atoms with Crippen LogP contribution in [0.3, 0.4) is 0 Å². The molecule has 31 heavy (non-hydrogen) atoms. The van der Waals surface area contributed by atoms with Gasteiger partial charge in [0.15, 0.2) is 0 Å². The molecule has 2 aliphatic rings. The minimum absolute atomic E-state index is 0.0216. The van der Waals surface area contributed by atoms with Crippen molar-refractivity contribution in [1.29, 1.82) is 0 Å². The Morgan fingerprint density at radius 1 is 1.19 bits per heavy atom. The van der Waals surface area contributed by atoms with Gasteiger partial charge in [-0.25, -0.2) is 9.18 Å². The van der Waals surface area contributed by atoms with Crippen molar-refractivity contribution >= 4 is 5.97 Å². The second-order valence-electron chi connectivity index (χ2n) is 7.85. The summed E-state index contributed by atoms with van der Waals surface area (Å²) >= 11 is 0. The van der Waals surface area contributed by atoms with E-state index in [9.17, 15) is 17.6 Å². The van der Waals surface area contributed by atoms with E-state index in [-0.39, 0.29) is 11.4 Å². The number of carboxylic acid groups (broad SMARTS) is 1. The number of hydrogen-bond acceptors (Lipinski definition) is 4. The number of aromatic nitrogens is 1. The zero-order valence-electron chi connectivity index (χ0n) is 16.8. The maximum Gasteiger partial charge on any atom is 0.490 e. The highest BCUT2D eigenvalue weighted by Crippen LogP contribution is 2.42. The number of benzene rings is 1. The van der Waals surface area contributed by atoms with Crippen LogP contribution in [0.15, 0.2) is 48.8 Å². The predicted molar refractivity (Wildman–Crippen MR) is 105 cm³/mol. The Morgan fingerprint density at radius 3 is 2.42 bits per heavy atom. The van der Waals surface area contributed by atoms with Crippen LogP contribution < -0.4 is 0 Å². The van der Waals surface area contributed by atoms with E-state index in [1.807, 2.05) is 0 Å². The largest absolute Gasteiger partial charge is 0.490 e. The number of rotatable bonds is 3. The first-order valence-corrected chi connectivity index (χ1v) is 9.98. The summed E-state index contributed by atoms with van der Waals surface area (Å²) in [6, 6.07) is 12.4. The third-order valence-corrected chi connectivity index (χ3v) is 5.74. The van der Waals surface area contributed by atoms with Crippen molar-refractivity contribution in [3.63, 3.8) is 0 Å². The zero-order valence-corrected chi connectivity index (χ0v) is 16.8. The summed E-state index contributed by atoms with van der Waals surface area (Å²) < 4.78 is 51.8. The second-order valence-corrected chi connectivity index (χ2v) is 7.85. The topological polar surface area (TPSA) is 62.7 Å². The molecule has 0 radical (unpaired) electrons. The Bertz CT molecular complexity index is 869. The fraction of sp³-hybridized carbons (Fsp3) is 0.455. The van der Waals surface area contributed by atoms with Gasteiger partial charge in [0.1, 0.15) is 5.82 Å². The summed E-state index contributed by atoms with van der Waals surface area (Å²) in [5.74, 6) is -2.46. The molecule has 1 spiro atoms. The zero-order chi connectivity index (χ0) is 22.5. The van der Waals surface area contributed by atoms with Gasteiger partial charge >= 0.3 is 12.1 Å². The van der Waals surface area contributed by atoms with Gasteiger partial charge in [0.05, 0.1) is 18.4 Å². The number of aliphatic carboxylic acids is 1. The summed E-state index contributed by atoms with van der Waals surface area (Å²) in [7, 11) is 0. The van der Waals surface area contributed by atoms with E-state index in [1.54, 1.807) is 12.3 Å². The number of ether oxygens (including phenoxy) is 1. The second kappa shape index (κ2) is 9.74. The smallest absolute Gasteiger partial charge is 0.475 e.